The van der Waals surface area contributed by atoms with Gasteiger partial charge in [-0.15, -0.1) is 0 Å². The van der Waals surface area contributed by atoms with Crippen LogP contribution in [0.3, 0.4) is 0 Å². The van der Waals surface area contributed by atoms with E-state index < -0.39 is 5.97 Å². The number of nitrogens with one attached hydrogen (secondary N) is 1. The number of ether oxygens (including phenoxy) is 1. The van der Waals surface area contributed by atoms with E-state index >= 15 is 0 Å². The molecule has 0 aliphatic heterocycles. The van der Waals surface area contributed by atoms with Crippen LogP contribution in [-0.4, -0.2) is 35.7 Å². The van der Waals surface area contributed by atoms with Gasteiger partial charge in [-0.25, -0.2) is 9.78 Å². The number of esters is 1. The maximum absolute atomic E-state index is 10.8. The SMILES string of the molecule is COC(=O)CNCc1cccc(C(=O)O)n1. The molecule has 0 radical (unpaired) electrons. The van der Waals surface area contributed by atoms with Gasteiger partial charge in [-0.3, -0.25) is 4.79 Å². The molecule has 1 rings (SSSR count). The second-order valence-corrected chi connectivity index (χ2v) is 3.00. The molecule has 86 valence electrons. The van der Waals surface area contributed by atoms with Crippen LogP contribution in [0.4, 0.5) is 0 Å². The summed E-state index contributed by atoms with van der Waals surface area (Å²) in [5, 5.41) is 11.5. The van der Waals surface area contributed by atoms with E-state index in [1.54, 1.807) is 12.1 Å². The Hall–Kier alpha value is -1.95. The van der Waals surface area contributed by atoms with Crippen molar-refractivity contribution in [2.24, 2.45) is 0 Å². The molecular formula is C10H12N2O4. The highest BCUT2D eigenvalue weighted by molar-refractivity contribution is 5.85. The van der Waals surface area contributed by atoms with Crippen molar-refractivity contribution in [3.05, 3.63) is 29.6 Å². The van der Waals surface area contributed by atoms with Crippen molar-refractivity contribution in [1.82, 2.24) is 10.3 Å². The molecule has 0 fully saturated rings. The number of hydrogen-bond donors (Lipinski definition) is 2. The number of pyridine rings is 1. The van der Waals surface area contributed by atoms with Crippen LogP contribution in [0.15, 0.2) is 18.2 Å². The second-order valence-electron chi connectivity index (χ2n) is 3.00. The van der Waals surface area contributed by atoms with Gasteiger partial charge in [0.25, 0.3) is 0 Å². The van der Waals surface area contributed by atoms with E-state index in [0.29, 0.717) is 12.2 Å². The first-order valence-corrected chi connectivity index (χ1v) is 4.60. The predicted octanol–water partition coefficient (Wildman–Crippen LogP) is 0.0424. The van der Waals surface area contributed by atoms with Crippen LogP contribution in [0.1, 0.15) is 16.2 Å². The van der Waals surface area contributed by atoms with Gasteiger partial charge in [-0.05, 0) is 12.1 Å². The second kappa shape index (κ2) is 5.82. The molecule has 0 saturated carbocycles. The van der Waals surface area contributed by atoms with Gasteiger partial charge in [0.2, 0.25) is 0 Å². The van der Waals surface area contributed by atoms with E-state index in [2.05, 4.69) is 15.0 Å². The summed E-state index contributed by atoms with van der Waals surface area (Å²) >= 11 is 0. The van der Waals surface area contributed by atoms with Gasteiger partial charge in [0.15, 0.2) is 0 Å². The zero-order chi connectivity index (χ0) is 12.0. The summed E-state index contributed by atoms with van der Waals surface area (Å²) in [7, 11) is 1.30. The third-order valence-electron chi connectivity index (χ3n) is 1.83. The van der Waals surface area contributed by atoms with Crippen LogP contribution in [0, 0.1) is 0 Å². The Labute approximate surface area is 92.3 Å². The smallest absolute Gasteiger partial charge is 0.354 e. The molecule has 0 bridgehead atoms. The number of carbonyl (C=O) groups is 2. The Morgan fingerprint density at radius 3 is 2.88 bits per heavy atom. The highest BCUT2D eigenvalue weighted by Crippen LogP contribution is 1.99. The Kier molecular flexibility index (Phi) is 4.41. The normalized spacial score (nSPS) is 9.81. The third-order valence-corrected chi connectivity index (χ3v) is 1.83. The van der Waals surface area contributed by atoms with Crippen LogP contribution >= 0.6 is 0 Å². The molecule has 1 heterocycles. The van der Waals surface area contributed by atoms with Gasteiger partial charge in [-0.1, -0.05) is 6.07 Å². The van der Waals surface area contributed by atoms with Crippen LogP contribution < -0.4 is 5.32 Å². The average Bonchev–Trinajstić information content (AvgIpc) is 2.29. The van der Waals surface area contributed by atoms with Crippen molar-refractivity contribution >= 4 is 11.9 Å². The molecule has 0 saturated heterocycles. The van der Waals surface area contributed by atoms with Crippen molar-refractivity contribution in [1.29, 1.82) is 0 Å². The van der Waals surface area contributed by atoms with Crippen LogP contribution in [0.5, 0.6) is 0 Å². The fourth-order valence-corrected chi connectivity index (χ4v) is 1.06. The van der Waals surface area contributed by atoms with E-state index in [1.165, 1.54) is 13.2 Å². The van der Waals surface area contributed by atoms with E-state index in [9.17, 15) is 9.59 Å². The lowest BCUT2D eigenvalue weighted by Crippen LogP contribution is -2.24. The van der Waals surface area contributed by atoms with Crippen molar-refractivity contribution in [2.45, 2.75) is 6.54 Å². The number of hydrogen-bond acceptors (Lipinski definition) is 5. The first-order chi connectivity index (χ1) is 7.63. The minimum atomic E-state index is -1.07. The number of methoxy groups -OCH3 is 1. The first-order valence-electron chi connectivity index (χ1n) is 4.60. The predicted molar refractivity (Wildman–Crippen MR) is 54.9 cm³/mol. The summed E-state index contributed by atoms with van der Waals surface area (Å²) < 4.78 is 4.43. The van der Waals surface area contributed by atoms with Crippen molar-refractivity contribution in [3.63, 3.8) is 0 Å². The molecule has 1 aromatic heterocycles. The van der Waals surface area contributed by atoms with E-state index in [1.807, 2.05) is 0 Å². The fraction of sp³-hybridized carbons (Fsp3) is 0.300. The maximum Gasteiger partial charge on any atom is 0.354 e. The maximum atomic E-state index is 10.8. The molecule has 6 heteroatoms. The molecule has 2 N–H and O–H groups in total. The average molecular weight is 224 g/mol. The molecule has 0 amide bonds. The van der Waals surface area contributed by atoms with E-state index in [4.69, 9.17) is 5.11 Å². The van der Waals surface area contributed by atoms with Gasteiger partial charge in [0.1, 0.15) is 5.69 Å². The summed E-state index contributed by atoms with van der Waals surface area (Å²) in [4.78, 5) is 25.3. The topological polar surface area (TPSA) is 88.5 Å². The monoisotopic (exact) mass is 224 g/mol. The number of carbonyl (C=O) groups excluding carboxylic acids is 1. The lowest BCUT2D eigenvalue weighted by Gasteiger charge is -2.03. The number of aromatic nitrogens is 1. The van der Waals surface area contributed by atoms with E-state index in [0.717, 1.165) is 0 Å². The fourth-order valence-electron chi connectivity index (χ4n) is 1.06. The van der Waals surface area contributed by atoms with E-state index in [-0.39, 0.29) is 18.2 Å². The Morgan fingerprint density at radius 2 is 2.25 bits per heavy atom. The van der Waals surface area contributed by atoms with Crippen molar-refractivity contribution in [3.8, 4) is 0 Å². The molecule has 0 atom stereocenters. The van der Waals surface area contributed by atoms with Gasteiger partial charge in [-0.2, -0.15) is 0 Å². The Morgan fingerprint density at radius 1 is 1.50 bits per heavy atom. The number of carboxylic acid groups (broad SMARTS) is 1. The van der Waals surface area contributed by atoms with Gasteiger partial charge in [0, 0.05) is 6.54 Å². The molecule has 0 unspecified atom stereocenters. The summed E-state index contributed by atoms with van der Waals surface area (Å²) in [6.07, 6.45) is 0. The van der Waals surface area contributed by atoms with Gasteiger partial charge < -0.3 is 15.2 Å². The minimum absolute atomic E-state index is 0.0163. The summed E-state index contributed by atoms with van der Waals surface area (Å²) in [5.74, 6) is -1.45. The highest BCUT2D eigenvalue weighted by atomic mass is 16.5. The Bertz CT molecular complexity index is 392. The number of carboxylic acids is 1. The quantitative estimate of drug-likeness (QED) is 0.686. The molecule has 1 aromatic rings. The van der Waals surface area contributed by atoms with Gasteiger partial charge >= 0.3 is 11.9 Å². The first kappa shape index (κ1) is 12.1. The van der Waals surface area contributed by atoms with Crippen LogP contribution in [0.25, 0.3) is 0 Å². The molecular weight excluding hydrogens is 212 g/mol. The number of rotatable bonds is 5. The van der Waals surface area contributed by atoms with Crippen LogP contribution in [-0.2, 0) is 16.1 Å². The molecule has 0 aliphatic carbocycles. The lowest BCUT2D eigenvalue weighted by atomic mass is 10.3. The van der Waals surface area contributed by atoms with Crippen LogP contribution in [0.2, 0.25) is 0 Å². The number of nitrogens with zero attached hydrogens (tertiary/aromatic N) is 1. The zero-order valence-corrected chi connectivity index (χ0v) is 8.77. The lowest BCUT2D eigenvalue weighted by molar-refractivity contribution is -0.139. The standard InChI is InChI=1S/C10H12N2O4/c1-16-9(13)6-11-5-7-3-2-4-8(12-7)10(14)15/h2-4,11H,5-6H2,1H3,(H,14,15). The summed E-state index contributed by atoms with van der Waals surface area (Å²) in [6, 6.07) is 4.69. The molecule has 0 aliphatic rings. The van der Waals surface area contributed by atoms with Gasteiger partial charge in [0.05, 0.1) is 19.3 Å². The molecule has 16 heavy (non-hydrogen) atoms. The molecule has 0 spiro atoms. The number of aromatic carboxylic acids is 1. The largest absolute Gasteiger partial charge is 0.477 e. The Balaban J connectivity index is 2.51. The van der Waals surface area contributed by atoms with Crippen molar-refractivity contribution < 1.29 is 19.4 Å². The summed E-state index contributed by atoms with van der Waals surface area (Å²) in [6.45, 7) is 0.381. The highest BCUT2D eigenvalue weighted by Gasteiger charge is 2.05. The van der Waals surface area contributed by atoms with Crippen molar-refractivity contribution in [2.75, 3.05) is 13.7 Å². The molecule has 0 aromatic carbocycles. The zero-order valence-electron chi connectivity index (χ0n) is 8.77. The summed E-state index contributed by atoms with van der Waals surface area (Å²) in [5.41, 5.74) is 0.543. The molecule has 6 nitrogen and oxygen atoms in total. The third kappa shape index (κ3) is 3.66. The minimum Gasteiger partial charge on any atom is -0.477 e.